The van der Waals surface area contributed by atoms with Gasteiger partial charge in [0, 0.05) is 6.42 Å². The molecule has 0 aliphatic carbocycles. The Bertz CT molecular complexity index is 1640. The first-order valence-corrected chi connectivity index (χ1v) is 34.1. The van der Waals surface area contributed by atoms with Crippen molar-refractivity contribution >= 4 is 5.91 Å². The molecule has 3 aliphatic rings. The number of hydrogen-bond acceptors (Lipinski definition) is 18. The second kappa shape index (κ2) is 49.0. The molecular weight excluding hydrogens is 1090 g/mol. The molecule has 85 heavy (non-hydrogen) atoms. The fraction of sp³-hybridized carbons (Fsp3) is 0.924. The number of aliphatic hydroxyl groups is 11. The van der Waals surface area contributed by atoms with Gasteiger partial charge in [0.05, 0.1) is 38.6 Å². The van der Waals surface area contributed by atoms with Gasteiger partial charge in [-0.25, -0.2) is 0 Å². The van der Waals surface area contributed by atoms with Crippen molar-refractivity contribution in [2.24, 2.45) is 0 Å². The highest BCUT2D eigenvalue weighted by Crippen LogP contribution is 2.33. The Kier molecular flexibility index (Phi) is 44.7. The van der Waals surface area contributed by atoms with Crippen LogP contribution in [-0.4, -0.2) is 193 Å². The van der Waals surface area contributed by atoms with E-state index in [2.05, 4.69) is 31.3 Å². The van der Waals surface area contributed by atoms with E-state index < -0.39 is 124 Å². The second-order valence-corrected chi connectivity index (χ2v) is 24.6. The SMILES string of the molecule is CCCCCCCCCCCCCCCC/C=C/CC/C=C/C(O)C(COC1OC(CO)C(OC2OC(CO)C(OC3OC(CO)C(O)C(O)C3O)C(O)C2O)C(O)C1O)NC(=O)CCCCCCCCCCCCCCCCCCCCCC. The molecule has 1 amide bonds. The van der Waals surface area contributed by atoms with Crippen molar-refractivity contribution in [1.82, 2.24) is 5.32 Å². The average molecular weight is 1220 g/mol. The Morgan fingerprint density at radius 1 is 0.412 bits per heavy atom. The number of aliphatic hydroxyl groups excluding tert-OH is 11. The molecule has 17 unspecified atom stereocenters. The van der Waals surface area contributed by atoms with Crippen LogP contribution in [0.1, 0.15) is 258 Å². The molecule has 17 atom stereocenters. The minimum absolute atomic E-state index is 0.240. The Morgan fingerprint density at radius 2 is 0.753 bits per heavy atom. The smallest absolute Gasteiger partial charge is 0.220 e. The van der Waals surface area contributed by atoms with E-state index in [9.17, 15) is 61.0 Å². The number of hydrogen-bond donors (Lipinski definition) is 12. The lowest BCUT2D eigenvalue weighted by molar-refractivity contribution is -0.379. The maximum absolute atomic E-state index is 13.4. The van der Waals surface area contributed by atoms with E-state index in [-0.39, 0.29) is 18.9 Å². The molecule has 500 valence electrons. The standard InChI is InChI=1S/C66H123NO18/c1-3-5-7-9-11-13-15-17-19-21-23-25-27-29-31-33-35-37-39-41-43-50(71)49(67-54(72)44-42-40-38-36-34-32-30-28-26-24-22-20-18-16-14-12-10-8-6-4-2)48-80-64-60(78)57(75)62(52(46-69)82-64)85-66-61(79)58(76)63(53(47-70)83-66)84-65-59(77)56(74)55(73)51(45-68)81-65/h33,35,41,43,49-53,55-66,68-71,73-79H,3-32,34,36-40,42,44-48H2,1-2H3,(H,67,72)/b35-33+,43-41+. The van der Waals surface area contributed by atoms with Crippen LogP contribution in [0.3, 0.4) is 0 Å². The van der Waals surface area contributed by atoms with Gasteiger partial charge in [-0.15, -0.1) is 0 Å². The van der Waals surface area contributed by atoms with Crippen LogP contribution in [0.2, 0.25) is 0 Å². The maximum atomic E-state index is 13.4. The predicted octanol–water partition coefficient (Wildman–Crippen LogP) is 8.27. The minimum atomic E-state index is -1.98. The third-order valence-corrected chi connectivity index (χ3v) is 17.3. The average Bonchev–Trinajstić information content (AvgIpc) is 3.10. The van der Waals surface area contributed by atoms with Crippen LogP contribution >= 0.6 is 0 Å². The first-order chi connectivity index (χ1) is 41.3. The molecule has 3 aliphatic heterocycles. The van der Waals surface area contributed by atoms with Gasteiger partial charge in [-0.1, -0.05) is 244 Å². The number of carbonyl (C=O) groups is 1. The maximum Gasteiger partial charge on any atom is 0.220 e. The van der Waals surface area contributed by atoms with Gasteiger partial charge in [-0.05, 0) is 32.1 Å². The van der Waals surface area contributed by atoms with E-state index in [1.165, 1.54) is 186 Å². The zero-order chi connectivity index (χ0) is 61.9. The van der Waals surface area contributed by atoms with Gasteiger partial charge in [0.15, 0.2) is 18.9 Å². The van der Waals surface area contributed by atoms with Crippen LogP contribution in [0.25, 0.3) is 0 Å². The third kappa shape index (κ3) is 31.7. The lowest BCUT2D eigenvalue weighted by atomic mass is 9.96. The summed E-state index contributed by atoms with van der Waals surface area (Å²) in [6.45, 7) is 1.74. The Balaban J connectivity index is 1.47. The lowest BCUT2D eigenvalue weighted by Crippen LogP contribution is -2.66. The number of rotatable bonds is 52. The Labute approximate surface area is 511 Å². The van der Waals surface area contributed by atoms with E-state index in [0.717, 1.165) is 38.5 Å². The normalized spacial score (nSPS) is 29.1. The van der Waals surface area contributed by atoms with Crippen molar-refractivity contribution in [3.63, 3.8) is 0 Å². The highest BCUT2D eigenvalue weighted by atomic mass is 16.8. The number of allylic oxidation sites excluding steroid dienone is 3. The number of nitrogens with one attached hydrogen (secondary N) is 1. The van der Waals surface area contributed by atoms with Gasteiger partial charge in [0.2, 0.25) is 5.91 Å². The third-order valence-electron chi connectivity index (χ3n) is 17.3. The number of amides is 1. The number of unbranched alkanes of at least 4 members (excludes halogenated alkanes) is 34. The zero-order valence-corrected chi connectivity index (χ0v) is 52.6. The summed E-state index contributed by atoms with van der Waals surface area (Å²) in [6, 6.07) is -0.986. The van der Waals surface area contributed by atoms with E-state index in [1.54, 1.807) is 6.08 Å². The van der Waals surface area contributed by atoms with Crippen molar-refractivity contribution in [2.45, 2.75) is 362 Å². The molecule has 0 radical (unpaired) electrons. The zero-order valence-electron chi connectivity index (χ0n) is 52.6. The van der Waals surface area contributed by atoms with Gasteiger partial charge >= 0.3 is 0 Å². The quantitative estimate of drug-likeness (QED) is 0.0201. The summed E-state index contributed by atoms with van der Waals surface area (Å²) < 4.78 is 34.3. The van der Waals surface area contributed by atoms with E-state index in [0.29, 0.717) is 12.8 Å². The van der Waals surface area contributed by atoms with Crippen molar-refractivity contribution in [3.05, 3.63) is 24.3 Å². The van der Waals surface area contributed by atoms with Crippen molar-refractivity contribution in [3.8, 4) is 0 Å². The van der Waals surface area contributed by atoms with Crippen molar-refractivity contribution < 1.29 is 89.4 Å². The molecule has 3 saturated heterocycles. The monoisotopic (exact) mass is 1220 g/mol. The van der Waals surface area contributed by atoms with Crippen LogP contribution in [0.4, 0.5) is 0 Å². The van der Waals surface area contributed by atoms with Gasteiger partial charge in [0.25, 0.3) is 0 Å². The first kappa shape index (κ1) is 77.5. The highest BCUT2D eigenvalue weighted by molar-refractivity contribution is 5.76. The van der Waals surface area contributed by atoms with Crippen LogP contribution in [0.15, 0.2) is 24.3 Å². The molecule has 3 rings (SSSR count). The van der Waals surface area contributed by atoms with Gasteiger partial charge in [-0.3, -0.25) is 4.79 Å². The summed E-state index contributed by atoms with van der Waals surface area (Å²) in [7, 11) is 0. The van der Waals surface area contributed by atoms with Crippen LogP contribution in [0.5, 0.6) is 0 Å². The second-order valence-electron chi connectivity index (χ2n) is 24.6. The lowest BCUT2D eigenvalue weighted by Gasteiger charge is -2.48. The van der Waals surface area contributed by atoms with E-state index in [1.807, 2.05) is 6.08 Å². The molecule has 0 aromatic carbocycles. The molecular formula is C66H123NO18. The summed E-state index contributed by atoms with van der Waals surface area (Å²) in [6.07, 6.45) is 27.2. The van der Waals surface area contributed by atoms with Gasteiger partial charge in [-0.2, -0.15) is 0 Å². The summed E-state index contributed by atoms with van der Waals surface area (Å²) in [5.41, 5.74) is 0. The summed E-state index contributed by atoms with van der Waals surface area (Å²) in [4.78, 5) is 13.4. The molecule has 19 heteroatoms. The minimum Gasteiger partial charge on any atom is -0.394 e. The first-order valence-electron chi connectivity index (χ1n) is 34.1. The number of ether oxygens (including phenoxy) is 6. The van der Waals surface area contributed by atoms with E-state index >= 15 is 0 Å². The fourth-order valence-electron chi connectivity index (χ4n) is 11.7. The highest BCUT2D eigenvalue weighted by Gasteiger charge is 2.53. The van der Waals surface area contributed by atoms with Crippen LogP contribution in [-0.2, 0) is 33.2 Å². The summed E-state index contributed by atoms with van der Waals surface area (Å²) in [5.74, 6) is -0.281. The predicted molar refractivity (Wildman–Crippen MR) is 328 cm³/mol. The van der Waals surface area contributed by atoms with Crippen molar-refractivity contribution in [1.29, 1.82) is 0 Å². The van der Waals surface area contributed by atoms with Crippen LogP contribution < -0.4 is 5.32 Å². The van der Waals surface area contributed by atoms with E-state index in [4.69, 9.17) is 28.4 Å². The molecule has 0 bridgehead atoms. The number of carbonyl (C=O) groups excluding carboxylic acids is 1. The molecule has 0 saturated carbocycles. The molecule has 0 spiro atoms. The summed E-state index contributed by atoms with van der Waals surface area (Å²) in [5, 5.41) is 120. The summed E-state index contributed by atoms with van der Waals surface area (Å²) >= 11 is 0. The fourth-order valence-corrected chi connectivity index (χ4v) is 11.7. The topological polar surface area (TPSA) is 307 Å². The van der Waals surface area contributed by atoms with Gasteiger partial charge < -0.3 is 89.9 Å². The molecule has 3 heterocycles. The van der Waals surface area contributed by atoms with Crippen LogP contribution in [0, 0.1) is 0 Å². The van der Waals surface area contributed by atoms with Crippen molar-refractivity contribution in [2.75, 3.05) is 26.4 Å². The Hall–Kier alpha value is -1.73. The molecule has 12 N–H and O–H groups in total. The largest absolute Gasteiger partial charge is 0.394 e. The van der Waals surface area contributed by atoms with Gasteiger partial charge in [0.1, 0.15) is 73.2 Å². The molecule has 3 fully saturated rings. The molecule has 0 aromatic heterocycles. The Morgan fingerprint density at radius 3 is 1.18 bits per heavy atom. The molecule has 0 aromatic rings. The molecule has 19 nitrogen and oxygen atoms in total.